The Morgan fingerprint density at radius 1 is 0.585 bits per heavy atom. The highest BCUT2D eigenvalue weighted by Crippen LogP contribution is 2.41. The number of aromatic nitrogens is 3. The van der Waals surface area contributed by atoms with Crippen LogP contribution < -0.4 is 5.22 Å². The number of benzene rings is 6. The van der Waals surface area contributed by atoms with Gasteiger partial charge >= 0.3 is 0 Å². The minimum atomic E-state index is 0.971. The Bertz CT molecular complexity index is 3230. The summed E-state index contributed by atoms with van der Waals surface area (Å²) in [5.41, 5.74) is 14.7. The summed E-state index contributed by atoms with van der Waals surface area (Å²) in [7, 11) is 0. The third-order valence-electron chi connectivity index (χ3n) is 11.2. The highest BCUT2D eigenvalue weighted by Gasteiger charge is 2.23. The third kappa shape index (κ3) is 4.34. The fraction of sp³-hybridized carbons (Fsp3) is 0.0800. The van der Waals surface area contributed by atoms with Gasteiger partial charge in [-0.1, -0.05) is 105 Å². The van der Waals surface area contributed by atoms with Gasteiger partial charge in [-0.15, -0.1) is 0 Å². The Labute approximate surface area is 308 Å². The van der Waals surface area contributed by atoms with Gasteiger partial charge in [-0.3, -0.25) is 0 Å². The van der Waals surface area contributed by atoms with Crippen LogP contribution in [0.4, 0.5) is 0 Å². The van der Waals surface area contributed by atoms with Crippen molar-refractivity contribution >= 4 is 82.6 Å². The topological polar surface area (TPSA) is 14.3 Å². The van der Waals surface area contributed by atoms with Gasteiger partial charge in [0.1, 0.15) is 0 Å². The number of rotatable bonds is 6. The lowest BCUT2D eigenvalue weighted by molar-refractivity contribution is 1.16. The lowest BCUT2D eigenvalue weighted by atomic mass is 10.00. The lowest BCUT2D eigenvalue weighted by Crippen LogP contribution is -2.00. The first-order valence-electron chi connectivity index (χ1n) is 18.6. The lowest BCUT2D eigenvalue weighted by Gasteiger charge is -2.11. The number of hydrogen-bond donors (Lipinski definition) is 0. The summed E-state index contributed by atoms with van der Waals surface area (Å²) in [5, 5.41) is 8.97. The van der Waals surface area contributed by atoms with Crippen molar-refractivity contribution in [3.05, 3.63) is 175 Å². The molecule has 0 fully saturated rings. The van der Waals surface area contributed by atoms with Crippen LogP contribution >= 0.6 is 0 Å². The highest BCUT2D eigenvalue weighted by atomic mass is 15.0. The molecule has 4 aromatic heterocycles. The molecule has 0 amide bonds. The molecule has 53 heavy (non-hydrogen) atoms. The number of allylic oxidation sites excluding steroid dienone is 5. The second-order valence-electron chi connectivity index (χ2n) is 13.9. The van der Waals surface area contributed by atoms with Crippen LogP contribution in [0, 0.1) is 0 Å². The van der Waals surface area contributed by atoms with E-state index in [1.54, 1.807) is 0 Å². The summed E-state index contributed by atoms with van der Waals surface area (Å²) >= 11 is 0. The number of hydrogen-bond acceptors (Lipinski definition) is 0. The van der Waals surface area contributed by atoms with Crippen LogP contribution in [0.2, 0.25) is 0 Å². The zero-order valence-corrected chi connectivity index (χ0v) is 30.3. The van der Waals surface area contributed by atoms with Crippen LogP contribution in [0.3, 0.4) is 0 Å². The SMILES string of the molecule is C=C/C=C(\C=C/C)c1ccc2c(c1)c1c3/c(=C/C)c4c(CC)c5ccccc5n4c3ccc1n2-c1ccc2c(c1)c1ccccc1n2-c1ccccc1. The first kappa shape index (κ1) is 31.2. The van der Waals surface area contributed by atoms with Gasteiger partial charge in [0.2, 0.25) is 0 Å². The van der Waals surface area contributed by atoms with Crippen molar-refractivity contribution < 1.29 is 0 Å². The van der Waals surface area contributed by atoms with Crippen LogP contribution in [-0.2, 0) is 6.42 Å². The fourth-order valence-corrected chi connectivity index (χ4v) is 9.12. The Balaban J connectivity index is 1.36. The molecule has 10 rings (SSSR count). The maximum Gasteiger partial charge on any atom is 0.0576 e. The zero-order chi connectivity index (χ0) is 35.8. The minimum Gasteiger partial charge on any atom is -0.309 e. The summed E-state index contributed by atoms with van der Waals surface area (Å²) in [4.78, 5) is 0. The van der Waals surface area contributed by atoms with Crippen LogP contribution in [0.25, 0.3) is 94.0 Å². The molecular weight excluding hydrogens is 643 g/mol. The standard InChI is InChI=1S/C50H39N3/c1-5-16-32(17-6-2)33-24-26-45-41(30-33)49-46(28-29-47-48(49)37(8-4)50-36(7-3)38-20-12-15-23-43(38)53(47)50)52(45)35-25-27-44-40(31-35)39-21-13-14-22-42(39)51(44)34-18-10-9-11-19-34/h5-6,8-31H,1,7H2,2-4H3/b17-6-,32-16+,37-8-. The van der Waals surface area contributed by atoms with E-state index in [4.69, 9.17) is 0 Å². The molecule has 254 valence electrons. The van der Waals surface area contributed by atoms with Gasteiger partial charge in [-0.25, -0.2) is 0 Å². The summed E-state index contributed by atoms with van der Waals surface area (Å²) < 4.78 is 7.38. The van der Waals surface area contributed by atoms with Crippen molar-refractivity contribution in [3.63, 3.8) is 0 Å². The van der Waals surface area contributed by atoms with E-state index in [9.17, 15) is 0 Å². The molecule has 0 unspecified atom stereocenters. The Morgan fingerprint density at radius 2 is 1.25 bits per heavy atom. The van der Waals surface area contributed by atoms with E-state index < -0.39 is 0 Å². The number of fused-ring (bicyclic) bond motifs is 12. The molecule has 3 heteroatoms. The van der Waals surface area contributed by atoms with E-state index in [0.717, 1.165) is 23.4 Å². The number of nitrogens with zero attached hydrogens (tertiary/aromatic N) is 3. The molecule has 4 heterocycles. The molecule has 6 aromatic carbocycles. The van der Waals surface area contributed by atoms with Gasteiger partial charge in [0.15, 0.2) is 0 Å². The summed E-state index contributed by atoms with van der Waals surface area (Å²) in [6, 6.07) is 47.0. The average molecular weight is 682 g/mol. The quantitative estimate of drug-likeness (QED) is 0.155. The molecule has 0 bridgehead atoms. The van der Waals surface area contributed by atoms with Crippen LogP contribution in [0.5, 0.6) is 0 Å². The minimum absolute atomic E-state index is 0.971. The predicted molar refractivity (Wildman–Crippen MR) is 229 cm³/mol. The number of aryl methyl sites for hydroxylation is 1. The van der Waals surface area contributed by atoms with Crippen molar-refractivity contribution in [1.29, 1.82) is 0 Å². The maximum absolute atomic E-state index is 4.03. The molecule has 0 aliphatic carbocycles. The predicted octanol–water partition coefficient (Wildman–Crippen LogP) is 12.7. The molecule has 0 saturated carbocycles. The van der Waals surface area contributed by atoms with Gasteiger partial charge in [0, 0.05) is 48.9 Å². The van der Waals surface area contributed by atoms with Crippen LogP contribution in [0.1, 0.15) is 31.9 Å². The van der Waals surface area contributed by atoms with E-state index in [1.165, 1.54) is 87.3 Å². The molecular formula is C50H39N3. The Kier molecular flexibility index (Phi) is 7.06. The Morgan fingerprint density at radius 3 is 2.02 bits per heavy atom. The van der Waals surface area contributed by atoms with Gasteiger partial charge in [-0.2, -0.15) is 0 Å². The average Bonchev–Trinajstić information content (AvgIpc) is 3.92. The molecule has 0 saturated heterocycles. The molecule has 3 nitrogen and oxygen atoms in total. The van der Waals surface area contributed by atoms with Crippen molar-refractivity contribution in [2.75, 3.05) is 0 Å². The van der Waals surface area contributed by atoms with Gasteiger partial charge in [-0.05, 0) is 104 Å². The molecule has 0 radical (unpaired) electrons. The maximum atomic E-state index is 4.03. The molecule has 0 N–H and O–H groups in total. The first-order chi connectivity index (χ1) is 26.2. The van der Waals surface area contributed by atoms with Crippen molar-refractivity contribution in [2.45, 2.75) is 27.2 Å². The molecule has 0 spiro atoms. The second-order valence-corrected chi connectivity index (χ2v) is 13.9. The fourth-order valence-electron chi connectivity index (χ4n) is 9.12. The van der Waals surface area contributed by atoms with E-state index in [1.807, 2.05) is 6.08 Å². The molecule has 0 atom stereocenters. The van der Waals surface area contributed by atoms with Crippen molar-refractivity contribution in [1.82, 2.24) is 13.5 Å². The normalized spacial score (nSPS) is 13.1. The Hall–Kier alpha value is -6.58. The summed E-state index contributed by atoms with van der Waals surface area (Å²) in [6.07, 6.45) is 11.6. The smallest absolute Gasteiger partial charge is 0.0576 e. The zero-order valence-electron chi connectivity index (χ0n) is 30.3. The van der Waals surface area contributed by atoms with Gasteiger partial charge in [0.05, 0.1) is 38.6 Å². The molecule has 0 aliphatic heterocycles. The van der Waals surface area contributed by atoms with Gasteiger partial charge in [0.25, 0.3) is 0 Å². The van der Waals surface area contributed by atoms with Crippen LogP contribution in [-0.4, -0.2) is 13.5 Å². The van der Waals surface area contributed by atoms with E-state index in [-0.39, 0.29) is 0 Å². The highest BCUT2D eigenvalue weighted by molar-refractivity contribution is 6.24. The van der Waals surface area contributed by atoms with Gasteiger partial charge < -0.3 is 13.5 Å². The molecule has 10 aromatic rings. The van der Waals surface area contributed by atoms with Crippen molar-refractivity contribution in [3.8, 4) is 11.4 Å². The van der Waals surface area contributed by atoms with E-state index in [2.05, 4.69) is 193 Å². The van der Waals surface area contributed by atoms with E-state index >= 15 is 0 Å². The monoisotopic (exact) mass is 681 g/mol. The molecule has 0 aliphatic rings. The first-order valence-corrected chi connectivity index (χ1v) is 18.6. The van der Waals surface area contributed by atoms with Crippen LogP contribution in [0.15, 0.2) is 158 Å². The third-order valence-corrected chi connectivity index (χ3v) is 11.2. The largest absolute Gasteiger partial charge is 0.309 e. The van der Waals surface area contributed by atoms with Crippen molar-refractivity contribution in [2.24, 2.45) is 0 Å². The van der Waals surface area contributed by atoms with E-state index in [0.29, 0.717) is 0 Å². The summed E-state index contributed by atoms with van der Waals surface area (Å²) in [5.74, 6) is 0. The number of para-hydroxylation sites is 3. The summed E-state index contributed by atoms with van der Waals surface area (Å²) in [6.45, 7) is 10.6. The second kappa shape index (κ2) is 12.0.